The molecule has 17 heavy (non-hydrogen) atoms. The quantitative estimate of drug-likeness (QED) is 0.868. The number of thiophene rings is 1. The molecule has 4 heteroatoms. The lowest BCUT2D eigenvalue weighted by Crippen LogP contribution is -2.24. The summed E-state index contributed by atoms with van der Waals surface area (Å²) in [6, 6.07) is 5.07. The average Bonchev–Trinajstić information content (AvgIpc) is 2.64. The Balaban J connectivity index is 2.55. The first-order chi connectivity index (χ1) is 7.93. The van der Waals surface area contributed by atoms with Gasteiger partial charge in [-0.05, 0) is 43.0 Å². The first-order valence-electron chi connectivity index (χ1n) is 5.15. The van der Waals surface area contributed by atoms with Crippen molar-refractivity contribution in [1.29, 1.82) is 0 Å². The Labute approximate surface area is 102 Å². The number of aryl methyl sites for hydroxylation is 1. The van der Waals surface area contributed by atoms with Gasteiger partial charge >= 0.3 is 0 Å². The van der Waals surface area contributed by atoms with Crippen molar-refractivity contribution in [2.75, 3.05) is 0 Å². The van der Waals surface area contributed by atoms with E-state index in [1.807, 2.05) is 18.4 Å². The van der Waals surface area contributed by atoms with Gasteiger partial charge in [-0.3, -0.25) is 0 Å². The van der Waals surface area contributed by atoms with E-state index in [0.29, 0.717) is 4.88 Å². The van der Waals surface area contributed by atoms with Gasteiger partial charge in [0.15, 0.2) is 0 Å². The maximum Gasteiger partial charge on any atom is 0.132 e. The molecule has 0 aliphatic carbocycles. The van der Waals surface area contributed by atoms with E-state index in [1.165, 1.54) is 24.3 Å². The molecule has 2 rings (SSSR count). The zero-order valence-electron chi connectivity index (χ0n) is 9.50. The van der Waals surface area contributed by atoms with Gasteiger partial charge in [-0.2, -0.15) is 0 Å². The summed E-state index contributed by atoms with van der Waals surface area (Å²) in [6.45, 7) is 3.36. The highest BCUT2D eigenvalue weighted by Gasteiger charge is 2.31. The first kappa shape index (κ1) is 12.2. The second kappa shape index (κ2) is 4.20. The lowest BCUT2D eigenvalue weighted by molar-refractivity contribution is 0.101. The molecule has 1 unspecified atom stereocenters. The summed E-state index contributed by atoms with van der Waals surface area (Å²) in [5.74, 6) is -1.38. The third-order valence-corrected chi connectivity index (χ3v) is 3.99. The smallest absolute Gasteiger partial charge is 0.132 e. The van der Waals surface area contributed by atoms with Crippen LogP contribution in [-0.4, -0.2) is 5.11 Å². The van der Waals surface area contributed by atoms with Gasteiger partial charge in [-0.1, -0.05) is 0 Å². The van der Waals surface area contributed by atoms with Crippen LogP contribution in [0, 0.1) is 18.6 Å². The van der Waals surface area contributed by atoms with Crippen LogP contribution in [0.25, 0.3) is 0 Å². The number of hydrogen-bond acceptors (Lipinski definition) is 2. The van der Waals surface area contributed by atoms with Gasteiger partial charge in [0.1, 0.15) is 17.2 Å². The van der Waals surface area contributed by atoms with Gasteiger partial charge in [-0.25, -0.2) is 8.78 Å². The molecule has 0 saturated carbocycles. The predicted octanol–water partition coefficient (Wildman–Crippen LogP) is 3.59. The topological polar surface area (TPSA) is 20.2 Å². The van der Waals surface area contributed by atoms with Crippen LogP contribution in [0.3, 0.4) is 0 Å². The standard InChI is InChI=1S/C13H12F2OS/c1-8-5-6-17-12(8)13(2,16)10-4-3-9(14)7-11(10)15/h3-7,16H,1-2H3. The minimum absolute atomic E-state index is 0.0875. The molecular weight excluding hydrogens is 242 g/mol. The molecule has 1 heterocycles. The zero-order valence-corrected chi connectivity index (χ0v) is 10.3. The van der Waals surface area contributed by atoms with Crippen LogP contribution in [0.5, 0.6) is 0 Å². The largest absolute Gasteiger partial charge is 0.380 e. The summed E-state index contributed by atoms with van der Waals surface area (Å²) in [5.41, 5.74) is -0.455. The van der Waals surface area contributed by atoms with Gasteiger partial charge in [0, 0.05) is 16.5 Å². The number of rotatable bonds is 2. The van der Waals surface area contributed by atoms with E-state index < -0.39 is 17.2 Å². The molecular formula is C13H12F2OS. The SMILES string of the molecule is Cc1ccsc1C(C)(O)c1ccc(F)cc1F. The Bertz CT molecular complexity index is 546. The lowest BCUT2D eigenvalue weighted by atomic mass is 9.92. The molecule has 1 aromatic heterocycles. The predicted molar refractivity (Wildman–Crippen MR) is 64.1 cm³/mol. The van der Waals surface area contributed by atoms with E-state index in [2.05, 4.69) is 0 Å². The van der Waals surface area contributed by atoms with E-state index in [4.69, 9.17) is 0 Å². The van der Waals surface area contributed by atoms with Gasteiger partial charge in [0.05, 0.1) is 0 Å². The zero-order chi connectivity index (χ0) is 12.6. The molecule has 0 aliphatic heterocycles. The highest BCUT2D eigenvalue weighted by molar-refractivity contribution is 7.10. The van der Waals surface area contributed by atoms with Crippen molar-refractivity contribution < 1.29 is 13.9 Å². The maximum absolute atomic E-state index is 13.7. The highest BCUT2D eigenvalue weighted by atomic mass is 32.1. The summed E-state index contributed by atoms with van der Waals surface area (Å²) >= 11 is 1.35. The minimum Gasteiger partial charge on any atom is -0.380 e. The second-order valence-corrected chi connectivity index (χ2v) is 5.05. The van der Waals surface area contributed by atoms with Crippen molar-refractivity contribution >= 4 is 11.3 Å². The molecule has 0 aliphatic rings. The maximum atomic E-state index is 13.7. The van der Waals surface area contributed by atoms with E-state index >= 15 is 0 Å². The van der Waals surface area contributed by atoms with E-state index in [9.17, 15) is 13.9 Å². The van der Waals surface area contributed by atoms with Crippen LogP contribution in [0.2, 0.25) is 0 Å². The summed E-state index contributed by atoms with van der Waals surface area (Å²) in [4.78, 5) is 0.669. The Morgan fingerprint density at radius 1 is 1.24 bits per heavy atom. The summed E-state index contributed by atoms with van der Waals surface area (Å²) in [7, 11) is 0. The third-order valence-electron chi connectivity index (χ3n) is 2.76. The summed E-state index contributed by atoms with van der Waals surface area (Å²) in [6.07, 6.45) is 0. The Morgan fingerprint density at radius 2 is 1.94 bits per heavy atom. The third kappa shape index (κ3) is 2.10. The molecule has 0 amide bonds. The Kier molecular flexibility index (Phi) is 3.02. The van der Waals surface area contributed by atoms with Crippen molar-refractivity contribution in [2.24, 2.45) is 0 Å². The molecule has 1 aromatic carbocycles. The average molecular weight is 254 g/mol. The van der Waals surface area contributed by atoms with Crippen molar-refractivity contribution in [3.05, 3.63) is 57.3 Å². The molecule has 1 nitrogen and oxygen atoms in total. The molecule has 0 fully saturated rings. The Morgan fingerprint density at radius 3 is 2.47 bits per heavy atom. The van der Waals surface area contributed by atoms with Crippen molar-refractivity contribution in [3.63, 3.8) is 0 Å². The van der Waals surface area contributed by atoms with E-state index in [0.717, 1.165) is 17.7 Å². The lowest BCUT2D eigenvalue weighted by Gasteiger charge is -2.24. The molecule has 0 bridgehead atoms. The monoisotopic (exact) mass is 254 g/mol. The van der Waals surface area contributed by atoms with Crippen molar-refractivity contribution in [3.8, 4) is 0 Å². The Hall–Kier alpha value is -1.26. The van der Waals surface area contributed by atoms with Gasteiger partial charge in [0.2, 0.25) is 0 Å². The van der Waals surface area contributed by atoms with Gasteiger partial charge in [-0.15, -0.1) is 11.3 Å². The van der Waals surface area contributed by atoms with Crippen LogP contribution in [-0.2, 0) is 5.60 Å². The van der Waals surface area contributed by atoms with Crippen LogP contribution >= 0.6 is 11.3 Å². The number of halogens is 2. The molecule has 0 spiro atoms. The van der Waals surface area contributed by atoms with Crippen LogP contribution < -0.4 is 0 Å². The fraction of sp³-hybridized carbons (Fsp3) is 0.231. The molecule has 0 radical (unpaired) electrons. The van der Waals surface area contributed by atoms with Crippen molar-refractivity contribution in [2.45, 2.75) is 19.4 Å². The molecule has 2 aromatic rings. The van der Waals surface area contributed by atoms with Gasteiger partial charge in [0.25, 0.3) is 0 Å². The fourth-order valence-corrected chi connectivity index (χ4v) is 2.88. The van der Waals surface area contributed by atoms with Crippen molar-refractivity contribution in [1.82, 2.24) is 0 Å². The second-order valence-electron chi connectivity index (χ2n) is 4.13. The van der Waals surface area contributed by atoms with Crippen LogP contribution in [0.1, 0.15) is 22.9 Å². The fourth-order valence-electron chi connectivity index (χ4n) is 1.88. The first-order valence-corrected chi connectivity index (χ1v) is 6.03. The number of benzene rings is 1. The normalized spacial score (nSPS) is 14.6. The van der Waals surface area contributed by atoms with Crippen LogP contribution in [0.4, 0.5) is 8.78 Å². The molecule has 1 atom stereocenters. The van der Waals surface area contributed by atoms with Gasteiger partial charge < -0.3 is 5.11 Å². The number of aliphatic hydroxyl groups is 1. The molecule has 1 N–H and O–H groups in total. The highest BCUT2D eigenvalue weighted by Crippen LogP contribution is 2.36. The number of hydrogen-bond donors (Lipinski definition) is 1. The minimum atomic E-state index is -1.43. The van der Waals surface area contributed by atoms with Crippen LogP contribution in [0.15, 0.2) is 29.6 Å². The molecule has 0 saturated heterocycles. The van der Waals surface area contributed by atoms with E-state index in [-0.39, 0.29) is 5.56 Å². The summed E-state index contributed by atoms with van der Waals surface area (Å²) < 4.78 is 26.5. The van der Waals surface area contributed by atoms with E-state index in [1.54, 1.807) is 0 Å². The summed E-state index contributed by atoms with van der Waals surface area (Å²) in [5, 5.41) is 12.3. The molecule has 90 valence electrons.